The minimum Gasteiger partial charge on any atom is -0.471 e. The third kappa shape index (κ3) is 3.48. The molecule has 4 aliphatic carbocycles. The van der Waals surface area contributed by atoms with Crippen molar-refractivity contribution in [2.24, 2.45) is 23.2 Å². The zero-order valence-corrected chi connectivity index (χ0v) is 19.5. The molecule has 2 unspecified atom stereocenters. The van der Waals surface area contributed by atoms with Crippen LogP contribution in [0.5, 0.6) is 5.88 Å². The van der Waals surface area contributed by atoms with E-state index in [2.05, 4.69) is 11.9 Å². The lowest BCUT2D eigenvalue weighted by molar-refractivity contribution is -0.152. The molecule has 1 saturated heterocycles. The zero-order chi connectivity index (χ0) is 23.5. The van der Waals surface area contributed by atoms with E-state index in [1.807, 2.05) is 23.1 Å². The maximum absolute atomic E-state index is 13.8. The van der Waals surface area contributed by atoms with Gasteiger partial charge in [0.1, 0.15) is 18.0 Å². The number of likely N-dealkylation sites (tertiary alicyclic amines) is 1. The van der Waals surface area contributed by atoms with E-state index in [4.69, 9.17) is 10.00 Å². The Balaban J connectivity index is 1.19. The highest BCUT2D eigenvalue weighted by Gasteiger charge is 2.62. The molecule has 4 bridgehead atoms. The molecule has 4 saturated carbocycles. The van der Waals surface area contributed by atoms with E-state index in [-0.39, 0.29) is 23.2 Å². The van der Waals surface area contributed by atoms with Crippen LogP contribution in [0.3, 0.4) is 0 Å². The molecule has 5 nitrogen and oxygen atoms in total. The van der Waals surface area contributed by atoms with Crippen LogP contribution in [0.15, 0.2) is 42.6 Å². The van der Waals surface area contributed by atoms with E-state index in [9.17, 15) is 9.18 Å². The minimum atomic E-state index is -0.222. The van der Waals surface area contributed by atoms with Gasteiger partial charge in [-0.1, -0.05) is 19.1 Å². The highest BCUT2D eigenvalue weighted by atomic mass is 19.1. The Morgan fingerprint density at radius 3 is 2.44 bits per heavy atom. The zero-order valence-electron chi connectivity index (χ0n) is 19.5. The fraction of sp³-hybridized carbons (Fsp3) is 0.536. The van der Waals surface area contributed by atoms with Gasteiger partial charge in [-0.15, -0.1) is 0 Å². The Kier molecular flexibility index (Phi) is 4.95. The van der Waals surface area contributed by atoms with Crippen molar-refractivity contribution in [2.45, 2.75) is 57.0 Å². The van der Waals surface area contributed by atoms with Gasteiger partial charge in [0.2, 0.25) is 11.8 Å². The van der Waals surface area contributed by atoms with Gasteiger partial charge in [0, 0.05) is 24.1 Å². The molecule has 0 spiro atoms. The summed E-state index contributed by atoms with van der Waals surface area (Å²) in [5.41, 5.74) is 1.84. The van der Waals surface area contributed by atoms with E-state index in [0.717, 1.165) is 11.5 Å². The molecular weight excluding hydrogens is 429 g/mol. The van der Waals surface area contributed by atoms with Gasteiger partial charge in [0.15, 0.2) is 0 Å². The van der Waals surface area contributed by atoms with Crippen LogP contribution >= 0.6 is 0 Å². The van der Waals surface area contributed by atoms with Crippen molar-refractivity contribution in [3.63, 3.8) is 0 Å². The normalized spacial score (nSPS) is 33.9. The smallest absolute Gasteiger partial charge is 0.223 e. The van der Waals surface area contributed by atoms with E-state index in [1.54, 1.807) is 24.3 Å². The number of benzene rings is 1. The van der Waals surface area contributed by atoms with Gasteiger partial charge >= 0.3 is 0 Å². The van der Waals surface area contributed by atoms with Crippen molar-refractivity contribution in [3.8, 4) is 11.9 Å². The molecule has 6 heteroatoms. The first-order valence-corrected chi connectivity index (χ1v) is 12.4. The van der Waals surface area contributed by atoms with Crippen LogP contribution in [0.1, 0.15) is 56.6 Å². The Hall–Kier alpha value is -2.94. The van der Waals surface area contributed by atoms with E-state index >= 15 is 0 Å². The van der Waals surface area contributed by atoms with Crippen LogP contribution in [0.25, 0.3) is 0 Å². The van der Waals surface area contributed by atoms with Gasteiger partial charge in [-0.3, -0.25) is 4.79 Å². The minimum absolute atomic E-state index is 0.0800. The summed E-state index contributed by atoms with van der Waals surface area (Å²) in [6.07, 6.45) is 7.95. The number of aromatic nitrogens is 1. The maximum Gasteiger partial charge on any atom is 0.223 e. The number of rotatable bonds is 5. The topological polar surface area (TPSA) is 66.2 Å². The van der Waals surface area contributed by atoms with Crippen molar-refractivity contribution in [2.75, 3.05) is 13.1 Å². The number of halogens is 1. The van der Waals surface area contributed by atoms with Crippen LogP contribution in [0.2, 0.25) is 0 Å². The molecule has 2 atom stereocenters. The van der Waals surface area contributed by atoms with Crippen LogP contribution in [0.4, 0.5) is 4.39 Å². The SMILES string of the molecule is CC12CC3CC(C1)C(CC(=O)N1CC(Oc4ccc(C#N)cn4)C1)(c1ccc(F)cc1)C(C3)C2. The number of ether oxygens (including phenoxy) is 1. The summed E-state index contributed by atoms with van der Waals surface area (Å²) in [4.78, 5) is 19.6. The average Bonchev–Trinajstić information content (AvgIpc) is 2.78. The predicted octanol–water partition coefficient (Wildman–Crippen LogP) is 4.86. The molecule has 5 fully saturated rings. The first kappa shape index (κ1) is 21.6. The molecule has 0 radical (unpaired) electrons. The molecule has 176 valence electrons. The number of carbonyl (C=O) groups is 1. The van der Waals surface area contributed by atoms with Crippen molar-refractivity contribution in [1.82, 2.24) is 9.88 Å². The molecule has 7 rings (SSSR count). The van der Waals surface area contributed by atoms with Gasteiger partial charge in [0.05, 0.1) is 18.7 Å². The highest BCUT2D eigenvalue weighted by Crippen LogP contribution is 2.68. The standard InChI is InChI=1S/C28H30FN3O2/c1-27-10-19-8-21(11-27)28(22(9-19)12-27,20-3-5-23(29)6-4-20)13-26(33)32-16-24(17-32)34-25-7-2-18(14-30)15-31-25/h2-7,15,19,21-22,24H,8-13,16-17H2,1H3. The summed E-state index contributed by atoms with van der Waals surface area (Å²) in [5, 5.41) is 8.91. The van der Waals surface area contributed by atoms with Gasteiger partial charge in [-0.05, 0) is 79.0 Å². The number of amides is 1. The summed E-state index contributed by atoms with van der Waals surface area (Å²) in [5.74, 6) is 2.17. The molecule has 2 heterocycles. The second-order valence-corrected chi connectivity index (χ2v) is 11.4. The third-order valence-corrected chi connectivity index (χ3v) is 9.13. The first-order valence-electron chi connectivity index (χ1n) is 12.4. The summed E-state index contributed by atoms with van der Waals surface area (Å²) in [6.45, 7) is 3.54. The second-order valence-electron chi connectivity index (χ2n) is 11.4. The number of nitriles is 1. The van der Waals surface area contributed by atoms with E-state index in [0.29, 0.717) is 48.2 Å². The lowest BCUT2D eigenvalue weighted by Crippen LogP contribution is -2.62. The van der Waals surface area contributed by atoms with Gasteiger partial charge in [-0.2, -0.15) is 5.26 Å². The predicted molar refractivity (Wildman–Crippen MR) is 124 cm³/mol. The molecular formula is C28H30FN3O2. The second kappa shape index (κ2) is 7.80. The number of nitrogens with zero attached hydrogens (tertiary/aromatic N) is 3. The average molecular weight is 460 g/mol. The number of hydrogen-bond donors (Lipinski definition) is 0. The molecule has 1 amide bonds. The summed E-state index contributed by atoms with van der Waals surface area (Å²) in [7, 11) is 0. The van der Waals surface area contributed by atoms with Crippen LogP contribution in [-0.4, -0.2) is 35.0 Å². The van der Waals surface area contributed by atoms with E-state index in [1.165, 1.54) is 38.3 Å². The Morgan fingerprint density at radius 2 is 1.85 bits per heavy atom. The van der Waals surface area contributed by atoms with Crippen molar-refractivity contribution in [1.29, 1.82) is 5.26 Å². The lowest BCUT2D eigenvalue weighted by atomic mass is 9.39. The molecule has 1 aromatic heterocycles. The largest absolute Gasteiger partial charge is 0.471 e. The number of hydrogen-bond acceptors (Lipinski definition) is 4. The monoisotopic (exact) mass is 459 g/mol. The van der Waals surface area contributed by atoms with Crippen molar-refractivity contribution >= 4 is 5.91 Å². The molecule has 5 aliphatic rings. The van der Waals surface area contributed by atoms with Gasteiger partial charge < -0.3 is 9.64 Å². The quantitative estimate of drug-likeness (QED) is 0.641. The van der Waals surface area contributed by atoms with Gasteiger partial charge in [0.25, 0.3) is 0 Å². The molecule has 34 heavy (non-hydrogen) atoms. The Morgan fingerprint density at radius 1 is 1.15 bits per heavy atom. The number of pyridine rings is 1. The van der Waals surface area contributed by atoms with Crippen LogP contribution in [-0.2, 0) is 10.2 Å². The lowest BCUT2D eigenvalue weighted by Gasteiger charge is -2.65. The van der Waals surface area contributed by atoms with Crippen molar-refractivity contribution in [3.05, 3.63) is 59.5 Å². The summed E-state index contributed by atoms with van der Waals surface area (Å²) in [6, 6.07) is 12.4. The first-order chi connectivity index (χ1) is 16.4. The van der Waals surface area contributed by atoms with Crippen LogP contribution in [0, 0.1) is 40.3 Å². The van der Waals surface area contributed by atoms with Crippen LogP contribution < -0.4 is 4.74 Å². The fourth-order valence-electron chi connectivity index (χ4n) is 7.88. The van der Waals surface area contributed by atoms with Crippen molar-refractivity contribution < 1.29 is 13.9 Å². The molecule has 1 aromatic carbocycles. The Bertz CT molecular complexity index is 1120. The van der Waals surface area contributed by atoms with E-state index < -0.39 is 0 Å². The molecule has 0 N–H and O–H groups in total. The highest BCUT2D eigenvalue weighted by molar-refractivity contribution is 5.79. The Labute approximate surface area is 199 Å². The molecule has 2 aromatic rings. The molecule has 1 aliphatic heterocycles. The third-order valence-electron chi connectivity index (χ3n) is 9.13. The maximum atomic E-state index is 13.8. The summed E-state index contributed by atoms with van der Waals surface area (Å²) >= 11 is 0. The summed E-state index contributed by atoms with van der Waals surface area (Å²) < 4.78 is 19.7. The fourth-order valence-corrected chi connectivity index (χ4v) is 7.88. The number of carbonyl (C=O) groups excluding carboxylic acids is 1. The van der Waals surface area contributed by atoms with Gasteiger partial charge in [-0.25, -0.2) is 9.37 Å².